The Bertz CT molecular complexity index is 1300. The molecule has 2 aromatic rings. The largest absolute Gasteiger partial charge is 0.477 e. The van der Waals surface area contributed by atoms with Gasteiger partial charge in [-0.15, -0.1) is 22.0 Å². The molecule has 5 N–H and O–H groups in total. The second-order valence-corrected chi connectivity index (χ2v) is 11.0. The van der Waals surface area contributed by atoms with E-state index in [1.165, 1.54) is 11.8 Å². The van der Waals surface area contributed by atoms with Crippen molar-refractivity contribution in [3.63, 3.8) is 0 Å². The first-order valence-corrected chi connectivity index (χ1v) is 13.6. The summed E-state index contributed by atoms with van der Waals surface area (Å²) in [5.41, 5.74) is 6.79. The number of rotatable bonds is 9. The highest BCUT2D eigenvalue weighted by atomic mass is 32.2. The molecule has 0 bridgehead atoms. The highest BCUT2D eigenvalue weighted by Gasteiger charge is 2.54. The second kappa shape index (κ2) is 9.98. The molecule has 1 saturated heterocycles. The van der Waals surface area contributed by atoms with Gasteiger partial charge >= 0.3 is 5.97 Å². The molecule has 13 nitrogen and oxygen atoms in total. The van der Waals surface area contributed by atoms with Crippen molar-refractivity contribution in [2.75, 3.05) is 11.5 Å². The minimum Gasteiger partial charge on any atom is -0.477 e. The molecule has 3 heterocycles. The Morgan fingerprint density at radius 1 is 1.31 bits per heavy atom. The average Bonchev–Trinajstić information content (AvgIpc) is 3.25. The van der Waals surface area contributed by atoms with E-state index in [9.17, 15) is 27.9 Å². The van der Waals surface area contributed by atoms with Crippen molar-refractivity contribution < 1.29 is 36.9 Å². The van der Waals surface area contributed by atoms with Crippen LogP contribution >= 0.6 is 23.5 Å². The number of carboxylic acid groups (broad SMARTS) is 1. The Labute approximate surface area is 207 Å². The molecule has 2 aliphatic heterocycles. The average molecular weight is 542 g/mol. The van der Waals surface area contributed by atoms with Crippen LogP contribution in [0, 0.1) is 0 Å². The van der Waals surface area contributed by atoms with E-state index in [0.717, 1.165) is 16.7 Å². The van der Waals surface area contributed by atoms with Crippen molar-refractivity contribution in [2.24, 2.45) is 5.73 Å². The number of amides is 2. The SMILES string of the molecule is NC(C(=O)NC1C(=O)N2C(C(=O)O)=C(CSc3nnc(CS(=O)(=O)O)o3)CS[C@H]12)c1ccccc1. The van der Waals surface area contributed by atoms with Crippen LogP contribution in [0.15, 0.2) is 51.2 Å². The first-order chi connectivity index (χ1) is 16.5. The van der Waals surface area contributed by atoms with Crippen molar-refractivity contribution in [3.05, 3.63) is 53.1 Å². The zero-order valence-electron chi connectivity index (χ0n) is 17.7. The summed E-state index contributed by atoms with van der Waals surface area (Å²) in [6, 6.07) is 6.76. The van der Waals surface area contributed by atoms with E-state index in [0.29, 0.717) is 11.1 Å². The van der Waals surface area contributed by atoms with Crippen LogP contribution in [0.2, 0.25) is 0 Å². The zero-order valence-corrected chi connectivity index (χ0v) is 20.2. The monoisotopic (exact) mass is 541 g/mol. The second-order valence-electron chi connectivity index (χ2n) is 7.52. The highest BCUT2D eigenvalue weighted by molar-refractivity contribution is 8.01. The third kappa shape index (κ3) is 5.51. The van der Waals surface area contributed by atoms with E-state index in [4.69, 9.17) is 14.7 Å². The van der Waals surface area contributed by atoms with Gasteiger partial charge in [0.15, 0.2) is 5.75 Å². The Balaban J connectivity index is 1.43. The molecule has 35 heavy (non-hydrogen) atoms. The first kappa shape index (κ1) is 25.2. The van der Waals surface area contributed by atoms with Gasteiger partial charge in [-0.05, 0) is 11.1 Å². The van der Waals surface area contributed by atoms with Gasteiger partial charge in [-0.25, -0.2) is 4.79 Å². The lowest BCUT2D eigenvalue weighted by atomic mass is 10.0. The van der Waals surface area contributed by atoms with Gasteiger partial charge in [0.05, 0.1) is 0 Å². The molecular weight excluding hydrogens is 522 g/mol. The summed E-state index contributed by atoms with van der Waals surface area (Å²) in [6.07, 6.45) is 0. The molecule has 0 radical (unpaired) electrons. The van der Waals surface area contributed by atoms with Crippen LogP contribution in [0.4, 0.5) is 0 Å². The number of aromatic nitrogens is 2. The normalized spacial score (nSPS) is 20.7. The molecule has 1 fully saturated rings. The summed E-state index contributed by atoms with van der Waals surface area (Å²) in [6.45, 7) is 0. The van der Waals surface area contributed by atoms with E-state index in [1.54, 1.807) is 30.3 Å². The fourth-order valence-corrected chi connectivity index (χ4v) is 6.20. The molecule has 16 heteroatoms. The van der Waals surface area contributed by atoms with Gasteiger partial charge in [0.25, 0.3) is 21.2 Å². The smallest absolute Gasteiger partial charge is 0.352 e. The Morgan fingerprint density at radius 2 is 2.03 bits per heavy atom. The van der Waals surface area contributed by atoms with Crippen LogP contribution in [0.1, 0.15) is 17.5 Å². The van der Waals surface area contributed by atoms with Crippen LogP contribution in [-0.4, -0.2) is 73.9 Å². The minimum atomic E-state index is -4.34. The minimum absolute atomic E-state index is 0.0250. The Kier molecular flexibility index (Phi) is 7.18. The van der Waals surface area contributed by atoms with Crippen LogP contribution in [0.5, 0.6) is 0 Å². The van der Waals surface area contributed by atoms with Crippen LogP contribution in [0.25, 0.3) is 0 Å². The number of carboxylic acids is 1. The Hall–Kier alpha value is -2.92. The number of thioether (sulfide) groups is 2. The molecule has 2 unspecified atom stereocenters. The number of carbonyl (C=O) groups excluding carboxylic acids is 2. The first-order valence-electron chi connectivity index (χ1n) is 9.96. The van der Waals surface area contributed by atoms with Gasteiger partial charge < -0.3 is 20.6 Å². The molecule has 3 atom stereocenters. The number of benzene rings is 1. The Morgan fingerprint density at radius 3 is 2.69 bits per heavy atom. The highest BCUT2D eigenvalue weighted by Crippen LogP contribution is 2.41. The van der Waals surface area contributed by atoms with Gasteiger partial charge in [0.1, 0.15) is 23.2 Å². The summed E-state index contributed by atoms with van der Waals surface area (Å²) < 4.78 is 35.8. The molecule has 0 spiro atoms. The van der Waals surface area contributed by atoms with Gasteiger partial charge in [-0.2, -0.15) is 8.42 Å². The predicted octanol–water partition coefficient (Wildman–Crippen LogP) is -0.0119. The maximum atomic E-state index is 12.8. The van der Waals surface area contributed by atoms with E-state index < -0.39 is 51.1 Å². The number of hydrogen-bond acceptors (Lipinski definition) is 11. The topological polar surface area (TPSA) is 206 Å². The van der Waals surface area contributed by atoms with Gasteiger partial charge in [0.2, 0.25) is 11.8 Å². The summed E-state index contributed by atoms with van der Waals surface area (Å²) >= 11 is 2.25. The van der Waals surface area contributed by atoms with Crippen molar-refractivity contribution in [1.82, 2.24) is 20.4 Å². The lowest BCUT2D eigenvalue weighted by molar-refractivity contribution is -0.150. The van der Waals surface area contributed by atoms with E-state index in [1.807, 2.05) is 0 Å². The van der Waals surface area contributed by atoms with Crippen molar-refractivity contribution in [2.45, 2.75) is 28.4 Å². The zero-order chi connectivity index (χ0) is 25.3. The number of aliphatic carboxylic acids is 1. The molecule has 0 saturated carbocycles. The number of hydrogen-bond donors (Lipinski definition) is 4. The third-order valence-corrected chi connectivity index (χ3v) is 7.97. The third-order valence-electron chi connectivity index (χ3n) is 5.11. The number of β-lactam (4-membered cyclic amide) rings is 1. The molecule has 2 amide bonds. The lowest BCUT2D eigenvalue weighted by Crippen LogP contribution is -2.71. The van der Waals surface area contributed by atoms with E-state index in [-0.39, 0.29) is 28.3 Å². The van der Waals surface area contributed by atoms with E-state index in [2.05, 4.69) is 15.5 Å². The van der Waals surface area contributed by atoms with E-state index >= 15 is 0 Å². The van der Waals surface area contributed by atoms with Crippen LogP contribution < -0.4 is 11.1 Å². The summed E-state index contributed by atoms with van der Waals surface area (Å²) in [4.78, 5) is 38.5. The number of carbonyl (C=O) groups is 3. The number of fused-ring (bicyclic) bond motifs is 1. The fourth-order valence-electron chi connectivity index (χ4n) is 3.51. The van der Waals surface area contributed by atoms with Crippen LogP contribution in [0.3, 0.4) is 0 Å². The van der Waals surface area contributed by atoms with Crippen molar-refractivity contribution in [3.8, 4) is 0 Å². The number of nitrogens with zero attached hydrogens (tertiary/aromatic N) is 3. The quantitative estimate of drug-likeness (QED) is 0.187. The molecular formula is C19H19N5O8S3. The lowest BCUT2D eigenvalue weighted by Gasteiger charge is -2.49. The predicted molar refractivity (Wildman–Crippen MR) is 123 cm³/mol. The number of nitrogens with one attached hydrogen (secondary N) is 1. The van der Waals surface area contributed by atoms with Crippen molar-refractivity contribution >= 4 is 51.4 Å². The number of nitrogens with two attached hydrogens (primary N) is 1. The van der Waals surface area contributed by atoms with Gasteiger partial charge in [0, 0.05) is 11.5 Å². The van der Waals surface area contributed by atoms with Gasteiger partial charge in [-0.3, -0.25) is 19.0 Å². The van der Waals surface area contributed by atoms with Gasteiger partial charge in [-0.1, -0.05) is 42.1 Å². The maximum absolute atomic E-state index is 12.8. The van der Waals surface area contributed by atoms with Crippen molar-refractivity contribution in [1.29, 1.82) is 0 Å². The van der Waals surface area contributed by atoms with Crippen LogP contribution in [-0.2, 0) is 30.3 Å². The standard InChI is InChI=1S/C19H19N5O8S3/c20-12(9-4-2-1-3-5-9)15(25)21-13-16(26)24-14(18(27)28)10(6-33-17(13)24)7-34-19-23-22-11(32-19)8-35(29,30)31/h1-5,12-13,17H,6-8,20H2,(H,21,25)(H,27,28)(H,29,30,31)/t12?,13?,17-/m1/s1. The molecule has 186 valence electrons. The molecule has 1 aromatic heterocycles. The maximum Gasteiger partial charge on any atom is 0.352 e. The molecule has 4 rings (SSSR count). The summed E-state index contributed by atoms with van der Waals surface area (Å²) in [5, 5.41) is 18.9. The molecule has 1 aromatic carbocycles. The fraction of sp³-hybridized carbons (Fsp3) is 0.316. The molecule has 2 aliphatic rings. The summed E-state index contributed by atoms with van der Waals surface area (Å²) in [7, 11) is -4.34. The summed E-state index contributed by atoms with van der Waals surface area (Å²) in [5.74, 6) is -3.24. The molecule has 0 aliphatic carbocycles.